The van der Waals surface area contributed by atoms with Crippen molar-refractivity contribution in [2.45, 2.75) is 33.4 Å². The quantitative estimate of drug-likeness (QED) is 0.497. The van der Waals surface area contributed by atoms with Crippen LogP contribution < -0.4 is 20.1 Å². The number of carbonyl (C=O) groups is 3. The van der Waals surface area contributed by atoms with Crippen molar-refractivity contribution in [2.75, 3.05) is 19.8 Å². The van der Waals surface area contributed by atoms with Gasteiger partial charge >= 0.3 is 5.97 Å². The molecular formula is C23H27ClN2O6. The minimum atomic E-state index is -1.03. The second-order valence-electron chi connectivity index (χ2n) is 6.65. The summed E-state index contributed by atoms with van der Waals surface area (Å²) in [6, 6.07) is 11.8. The maximum Gasteiger partial charge on any atom is 0.326 e. The van der Waals surface area contributed by atoms with Gasteiger partial charge in [0, 0.05) is 17.1 Å². The standard InChI is InChI=1S/C23H27ClN2O6/c1-4-30-19-11-10-16(12-20(19)31-5-2)23(29)26-14-21(27)32-15(3)22(28)25-13-17-8-6-7-9-18(17)24/h6-12,15H,4-5,13-14H2,1-3H3,(H,25,28)(H,26,29). The molecule has 0 heterocycles. The predicted molar refractivity (Wildman–Crippen MR) is 120 cm³/mol. The Morgan fingerprint density at radius 3 is 2.34 bits per heavy atom. The zero-order valence-corrected chi connectivity index (χ0v) is 19.0. The van der Waals surface area contributed by atoms with Gasteiger partial charge in [0.15, 0.2) is 17.6 Å². The topological polar surface area (TPSA) is 103 Å². The number of hydrogen-bond donors (Lipinski definition) is 2. The monoisotopic (exact) mass is 462 g/mol. The molecule has 172 valence electrons. The molecule has 2 N–H and O–H groups in total. The summed E-state index contributed by atoms with van der Waals surface area (Å²) >= 11 is 6.05. The highest BCUT2D eigenvalue weighted by atomic mass is 35.5. The molecule has 0 radical (unpaired) electrons. The van der Waals surface area contributed by atoms with Crippen LogP contribution >= 0.6 is 11.6 Å². The van der Waals surface area contributed by atoms with Gasteiger partial charge in [-0.05, 0) is 50.6 Å². The second kappa shape index (κ2) is 12.6. The van der Waals surface area contributed by atoms with Gasteiger partial charge in [-0.2, -0.15) is 0 Å². The lowest BCUT2D eigenvalue weighted by atomic mass is 10.2. The third-order valence-corrected chi connectivity index (χ3v) is 4.66. The molecule has 1 unspecified atom stereocenters. The van der Waals surface area contributed by atoms with Gasteiger partial charge in [-0.1, -0.05) is 29.8 Å². The average Bonchev–Trinajstić information content (AvgIpc) is 2.78. The molecule has 9 heteroatoms. The minimum Gasteiger partial charge on any atom is -0.490 e. The minimum absolute atomic E-state index is 0.205. The van der Waals surface area contributed by atoms with Gasteiger partial charge in [-0.25, -0.2) is 0 Å². The summed E-state index contributed by atoms with van der Waals surface area (Å²) in [6.45, 7) is 5.80. The van der Waals surface area contributed by atoms with Gasteiger partial charge in [-0.3, -0.25) is 14.4 Å². The molecule has 0 aliphatic heterocycles. The number of nitrogens with one attached hydrogen (secondary N) is 2. The van der Waals surface area contributed by atoms with Crippen molar-refractivity contribution in [1.29, 1.82) is 0 Å². The number of esters is 1. The number of carbonyl (C=O) groups excluding carboxylic acids is 3. The Morgan fingerprint density at radius 2 is 1.66 bits per heavy atom. The number of benzene rings is 2. The number of rotatable bonds is 11. The molecule has 32 heavy (non-hydrogen) atoms. The van der Waals surface area contributed by atoms with E-state index in [4.69, 9.17) is 25.8 Å². The zero-order valence-electron chi connectivity index (χ0n) is 18.3. The van der Waals surface area contributed by atoms with Crippen molar-refractivity contribution >= 4 is 29.4 Å². The van der Waals surface area contributed by atoms with E-state index in [0.717, 1.165) is 5.56 Å². The van der Waals surface area contributed by atoms with E-state index in [9.17, 15) is 14.4 Å². The molecule has 0 spiro atoms. The van der Waals surface area contributed by atoms with Crippen molar-refractivity contribution in [1.82, 2.24) is 10.6 Å². The third-order valence-electron chi connectivity index (χ3n) is 4.29. The SMILES string of the molecule is CCOc1ccc(C(=O)NCC(=O)OC(C)C(=O)NCc2ccccc2Cl)cc1OCC. The Kier molecular flexibility index (Phi) is 9.81. The molecule has 2 aromatic rings. The first kappa shape index (κ1) is 25.0. The van der Waals surface area contributed by atoms with E-state index in [1.165, 1.54) is 6.92 Å². The molecule has 1 atom stereocenters. The summed E-state index contributed by atoms with van der Waals surface area (Å²) in [5, 5.41) is 5.66. The Balaban J connectivity index is 1.83. The molecule has 2 rings (SSSR count). The second-order valence-corrected chi connectivity index (χ2v) is 7.06. The van der Waals surface area contributed by atoms with Crippen LogP contribution in [-0.4, -0.2) is 43.6 Å². The lowest BCUT2D eigenvalue weighted by molar-refractivity contribution is -0.153. The van der Waals surface area contributed by atoms with Crippen LogP contribution in [-0.2, 0) is 20.9 Å². The van der Waals surface area contributed by atoms with Gasteiger partial charge in [0.1, 0.15) is 6.54 Å². The van der Waals surface area contributed by atoms with E-state index < -0.39 is 30.4 Å². The predicted octanol–water partition coefficient (Wildman–Crippen LogP) is 3.12. The number of amides is 2. The molecule has 0 saturated heterocycles. The maximum atomic E-state index is 12.4. The molecule has 8 nitrogen and oxygen atoms in total. The highest BCUT2D eigenvalue weighted by molar-refractivity contribution is 6.31. The Bertz CT molecular complexity index is 950. The van der Waals surface area contributed by atoms with Crippen molar-refractivity contribution < 1.29 is 28.6 Å². The molecule has 0 aliphatic rings. The van der Waals surface area contributed by atoms with Crippen LogP contribution in [0, 0.1) is 0 Å². The van der Waals surface area contributed by atoms with Gasteiger partial charge in [-0.15, -0.1) is 0 Å². The van der Waals surface area contributed by atoms with Crippen LogP contribution in [0.25, 0.3) is 0 Å². The van der Waals surface area contributed by atoms with Crippen molar-refractivity contribution in [3.8, 4) is 11.5 Å². The summed E-state index contributed by atoms with van der Waals surface area (Å²) < 4.78 is 16.1. The maximum absolute atomic E-state index is 12.4. The molecule has 0 fully saturated rings. The smallest absolute Gasteiger partial charge is 0.326 e. The van der Waals surface area contributed by atoms with Gasteiger partial charge in [0.25, 0.3) is 11.8 Å². The van der Waals surface area contributed by atoms with Crippen molar-refractivity contribution in [3.05, 3.63) is 58.6 Å². The molecule has 2 amide bonds. The van der Waals surface area contributed by atoms with Gasteiger partial charge < -0.3 is 24.8 Å². The Morgan fingerprint density at radius 1 is 0.969 bits per heavy atom. The van der Waals surface area contributed by atoms with Crippen LogP contribution in [0.4, 0.5) is 0 Å². The summed E-state index contributed by atoms with van der Waals surface area (Å²) in [5.41, 5.74) is 1.05. The zero-order chi connectivity index (χ0) is 23.5. The Hall–Kier alpha value is -3.26. The van der Waals surface area contributed by atoms with Gasteiger partial charge in [0.05, 0.1) is 13.2 Å². The highest BCUT2D eigenvalue weighted by Gasteiger charge is 2.19. The fourth-order valence-corrected chi connectivity index (χ4v) is 2.91. The molecule has 2 aromatic carbocycles. The van der Waals surface area contributed by atoms with Crippen LogP contribution in [0.2, 0.25) is 5.02 Å². The van der Waals surface area contributed by atoms with Gasteiger partial charge in [0.2, 0.25) is 0 Å². The van der Waals surface area contributed by atoms with Crippen LogP contribution in [0.5, 0.6) is 11.5 Å². The molecule has 0 bridgehead atoms. The lowest BCUT2D eigenvalue weighted by Crippen LogP contribution is -2.38. The number of ether oxygens (including phenoxy) is 3. The van der Waals surface area contributed by atoms with E-state index in [1.807, 2.05) is 13.8 Å². The average molecular weight is 463 g/mol. The number of halogens is 1. The van der Waals surface area contributed by atoms with Crippen LogP contribution in [0.1, 0.15) is 36.7 Å². The summed E-state index contributed by atoms with van der Waals surface area (Å²) in [7, 11) is 0. The lowest BCUT2D eigenvalue weighted by Gasteiger charge is -2.15. The van der Waals surface area contributed by atoms with Crippen molar-refractivity contribution in [2.24, 2.45) is 0 Å². The summed E-state index contributed by atoms with van der Waals surface area (Å²) in [5.74, 6) is -0.732. The highest BCUT2D eigenvalue weighted by Crippen LogP contribution is 2.28. The molecule has 0 saturated carbocycles. The first-order valence-corrected chi connectivity index (χ1v) is 10.6. The van der Waals surface area contributed by atoms with E-state index in [-0.39, 0.29) is 6.54 Å². The largest absolute Gasteiger partial charge is 0.490 e. The van der Waals surface area contributed by atoms with E-state index in [2.05, 4.69) is 10.6 Å². The van der Waals surface area contributed by atoms with E-state index in [0.29, 0.717) is 35.3 Å². The van der Waals surface area contributed by atoms with Crippen LogP contribution in [0.15, 0.2) is 42.5 Å². The fraction of sp³-hybridized carbons (Fsp3) is 0.348. The van der Waals surface area contributed by atoms with Crippen LogP contribution in [0.3, 0.4) is 0 Å². The van der Waals surface area contributed by atoms with Crippen molar-refractivity contribution in [3.63, 3.8) is 0 Å². The normalized spacial score (nSPS) is 11.2. The summed E-state index contributed by atoms with van der Waals surface area (Å²) in [6.07, 6.45) is -1.03. The summed E-state index contributed by atoms with van der Waals surface area (Å²) in [4.78, 5) is 36.6. The van der Waals surface area contributed by atoms with E-state index in [1.54, 1.807) is 42.5 Å². The molecular weight excluding hydrogens is 436 g/mol. The fourth-order valence-electron chi connectivity index (χ4n) is 2.71. The molecule has 0 aromatic heterocycles. The van der Waals surface area contributed by atoms with E-state index >= 15 is 0 Å². The first-order chi connectivity index (χ1) is 15.3. The Labute approximate surface area is 192 Å². The molecule has 0 aliphatic carbocycles. The number of hydrogen-bond acceptors (Lipinski definition) is 6. The first-order valence-electron chi connectivity index (χ1n) is 10.2. The third kappa shape index (κ3) is 7.46.